The number of rotatable bonds is 5. The lowest BCUT2D eigenvalue weighted by Crippen LogP contribution is -2.75. The van der Waals surface area contributed by atoms with Crippen LogP contribution in [0.4, 0.5) is 0 Å². The molecule has 69 heavy (non-hydrogen) atoms. The average Bonchev–Trinajstić information content (AvgIpc) is 3.94. The molecule has 4 nitrogen and oxygen atoms in total. The zero-order valence-corrected chi connectivity index (χ0v) is 40.3. The van der Waals surface area contributed by atoms with Crippen molar-refractivity contribution < 1.29 is 4.74 Å². The van der Waals surface area contributed by atoms with Gasteiger partial charge < -0.3 is 4.74 Å². The van der Waals surface area contributed by atoms with E-state index in [1.165, 1.54) is 75.6 Å². The molecule has 0 radical (unpaired) electrons. The summed E-state index contributed by atoms with van der Waals surface area (Å²) in [4.78, 5) is 5.22. The highest BCUT2D eigenvalue weighted by Crippen LogP contribution is 2.47. The standard InChI is InChI=1S/C63H45N3OSi2/c1-68(2)59-34-19-35-60(62(59)67-58-39-36-42(40-61(58)68)65-56-32-17-18-33-57(56)66-55-31-16-15-30-54(55)64-63(65)66)69(43-20-5-3-6-21-43,44-22-7-4-8-23-44)45-37-38-52-50-28-12-11-26-48(50)46-24-9-10-25-47(46)49-27-13-14-29-51(49)53(52)41-45/h3-41H,1-2H3. The fraction of sp³-hybridized carbons (Fsp3) is 0.0317. The summed E-state index contributed by atoms with van der Waals surface area (Å²) in [5.74, 6) is 2.85. The van der Waals surface area contributed by atoms with Gasteiger partial charge in [-0.1, -0.05) is 207 Å². The van der Waals surface area contributed by atoms with Gasteiger partial charge in [0.25, 0.3) is 0 Å². The van der Waals surface area contributed by atoms with Crippen molar-refractivity contribution in [1.82, 2.24) is 14.0 Å². The Kier molecular flexibility index (Phi) is 8.72. The van der Waals surface area contributed by atoms with Gasteiger partial charge >= 0.3 is 0 Å². The number of benzene rings is 10. The second-order valence-electron chi connectivity index (χ2n) is 19.0. The van der Waals surface area contributed by atoms with Crippen LogP contribution in [-0.4, -0.2) is 30.1 Å². The van der Waals surface area contributed by atoms with Gasteiger partial charge in [0.1, 0.15) is 19.6 Å². The van der Waals surface area contributed by atoms with Crippen molar-refractivity contribution in [2.75, 3.05) is 0 Å². The second kappa shape index (κ2) is 15.1. The maximum Gasteiger partial charge on any atom is 0.220 e. The Labute approximate surface area is 403 Å². The van der Waals surface area contributed by atoms with E-state index in [1.807, 2.05) is 0 Å². The highest BCUT2D eigenvalue weighted by Gasteiger charge is 2.47. The van der Waals surface area contributed by atoms with E-state index < -0.39 is 16.1 Å². The molecule has 3 heterocycles. The van der Waals surface area contributed by atoms with Crippen molar-refractivity contribution in [2.45, 2.75) is 13.1 Å². The van der Waals surface area contributed by atoms with E-state index in [1.54, 1.807) is 0 Å². The first-order valence-electron chi connectivity index (χ1n) is 23.9. The van der Waals surface area contributed by atoms with E-state index in [-0.39, 0.29) is 0 Å². The Morgan fingerprint density at radius 1 is 0.406 bits per heavy atom. The Bertz CT molecular complexity index is 3990. The molecule has 6 heteroatoms. The van der Waals surface area contributed by atoms with E-state index in [4.69, 9.17) is 9.72 Å². The van der Waals surface area contributed by atoms with Gasteiger partial charge in [-0.25, -0.2) is 4.98 Å². The summed E-state index contributed by atoms with van der Waals surface area (Å²) in [7, 11) is -5.64. The van der Waals surface area contributed by atoms with Crippen LogP contribution in [0.25, 0.3) is 78.0 Å². The minimum atomic E-state index is -3.19. The van der Waals surface area contributed by atoms with Crippen molar-refractivity contribution in [3.05, 3.63) is 237 Å². The van der Waals surface area contributed by atoms with Crippen molar-refractivity contribution >= 4 is 75.1 Å². The zero-order chi connectivity index (χ0) is 45.8. The first-order chi connectivity index (χ1) is 34.0. The van der Waals surface area contributed by atoms with Crippen LogP contribution in [0.1, 0.15) is 0 Å². The number of para-hydroxylation sites is 5. The van der Waals surface area contributed by atoms with Gasteiger partial charge in [-0.2, -0.15) is 0 Å². The number of imidazole rings is 2. The van der Waals surface area contributed by atoms with Gasteiger partial charge in [-0.15, -0.1) is 0 Å². The molecule has 0 N–H and O–H groups in total. The topological polar surface area (TPSA) is 31.5 Å². The van der Waals surface area contributed by atoms with Crippen LogP contribution in [0.2, 0.25) is 13.1 Å². The molecule has 14 rings (SSSR count). The Morgan fingerprint density at radius 3 is 1.55 bits per heavy atom. The summed E-state index contributed by atoms with van der Waals surface area (Å²) in [5, 5.41) is 7.79. The Hall–Kier alpha value is -8.30. The van der Waals surface area contributed by atoms with Crippen LogP contribution in [0, 0.1) is 0 Å². The summed E-state index contributed by atoms with van der Waals surface area (Å²) < 4.78 is 12.2. The molecule has 1 aliphatic heterocycles. The van der Waals surface area contributed by atoms with Gasteiger partial charge in [0.15, 0.2) is 8.07 Å². The van der Waals surface area contributed by atoms with Crippen LogP contribution >= 0.6 is 0 Å². The van der Waals surface area contributed by atoms with Crippen molar-refractivity contribution in [3.63, 3.8) is 0 Å². The molecule has 12 aromatic rings. The first kappa shape index (κ1) is 39.8. The summed E-state index contributed by atoms with van der Waals surface area (Å²) in [6, 6.07) is 87.8. The van der Waals surface area contributed by atoms with Gasteiger partial charge in [-0.05, 0) is 118 Å². The molecule has 1 aliphatic carbocycles. The summed E-state index contributed by atoms with van der Waals surface area (Å²) in [6.07, 6.45) is 0. The molecule has 0 bridgehead atoms. The fourth-order valence-corrected chi connectivity index (χ4v) is 19.8. The number of nitrogens with zero attached hydrogens (tertiary/aromatic N) is 3. The SMILES string of the molecule is C[Si]1(C)c2cc(-n3c4ccccc4n4c5ccccc5nc34)ccc2Oc2c1cccc2[Si](c1ccccc1)(c1ccccc1)c1ccc2c(c1)-c1ccccc1-c1ccccc1-c1ccccc1-2. The maximum atomic E-state index is 7.54. The third-order valence-electron chi connectivity index (χ3n) is 15.1. The minimum Gasteiger partial charge on any atom is -0.458 e. The number of hydrogen-bond acceptors (Lipinski definition) is 2. The summed E-state index contributed by atoms with van der Waals surface area (Å²) in [5.41, 5.74) is 15.4. The molecular formula is C63H45N3OSi2. The monoisotopic (exact) mass is 915 g/mol. The highest BCUT2D eigenvalue weighted by molar-refractivity contribution is 7.20. The van der Waals surface area contributed by atoms with E-state index >= 15 is 0 Å². The van der Waals surface area contributed by atoms with E-state index in [0.717, 1.165) is 45.0 Å². The van der Waals surface area contributed by atoms with Gasteiger partial charge in [0.05, 0.1) is 22.1 Å². The van der Waals surface area contributed by atoms with Crippen LogP contribution < -0.4 is 35.9 Å². The van der Waals surface area contributed by atoms with Crippen molar-refractivity contribution in [1.29, 1.82) is 0 Å². The molecule has 326 valence electrons. The van der Waals surface area contributed by atoms with Crippen LogP contribution in [0.5, 0.6) is 11.5 Å². The number of ether oxygens (including phenoxy) is 1. The number of fused-ring (bicyclic) bond motifs is 15. The molecule has 10 aromatic carbocycles. The fourth-order valence-electron chi connectivity index (χ4n) is 12.0. The normalized spacial score (nSPS) is 13.3. The quantitative estimate of drug-likeness (QED) is 0.127. The largest absolute Gasteiger partial charge is 0.458 e. The lowest BCUT2D eigenvalue weighted by molar-refractivity contribution is 0.490. The maximum absolute atomic E-state index is 7.54. The highest BCUT2D eigenvalue weighted by atomic mass is 28.3. The molecule has 0 saturated carbocycles. The van der Waals surface area contributed by atoms with Gasteiger partial charge in [-0.3, -0.25) is 8.97 Å². The molecule has 0 saturated heterocycles. The third kappa shape index (κ3) is 5.70. The molecule has 0 spiro atoms. The smallest absolute Gasteiger partial charge is 0.220 e. The lowest BCUT2D eigenvalue weighted by Gasteiger charge is -2.40. The summed E-state index contributed by atoms with van der Waals surface area (Å²) >= 11 is 0. The molecule has 2 aliphatic rings. The van der Waals surface area contributed by atoms with Gasteiger partial charge in [0.2, 0.25) is 5.78 Å². The molecule has 0 atom stereocenters. The van der Waals surface area contributed by atoms with E-state index in [2.05, 4.69) is 259 Å². The zero-order valence-electron chi connectivity index (χ0n) is 38.3. The number of hydrogen-bond donors (Lipinski definition) is 0. The minimum absolute atomic E-state index is 0.907. The second-order valence-corrected chi connectivity index (χ2v) is 27.1. The predicted molar refractivity (Wildman–Crippen MR) is 292 cm³/mol. The average molecular weight is 916 g/mol. The van der Waals surface area contributed by atoms with Crippen LogP contribution in [0.3, 0.4) is 0 Å². The van der Waals surface area contributed by atoms with Crippen LogP contribution in [0.15, 0.2) is 237 Å². The Balaban J connectivity index is 1.01. The van der Waals surface area contributed by atoms with Crippen molar-refractivity contribution in [3.8, 4) is 61.7 Å². The summed E-state index contributed by atoms with van der Waals surface area (Å²) in [6.45, 7) is 5.00. The van der Waals surface area contributed by atoms with Crippen LogP contribution in [-0.2, 0) is 0 Å². The van der Waals surface area contributed by atoms with Crippen molar-refractivity contribution in [2.24, 2.45) is 0 Å². The molecule has 0 amide bonds. The first-order valence-corrected chi connectivity index (χ1v) is 28.9. The molecular weight excluding hydrogens is 871 g/mol. The third-order valence-corrected chi connectivity index (χ3v) is 23.4. The van der Waals surface area contributed by atoms with Gasteiger partial charge in [0, 0.05) is 5.69 Å². The van der Waals surface area contributed by atoms with E-state index in [0.29, 0.717) is 0 Å². The molecule has 0 unspecified atom stereocenters. The lowest BCUT2D eigenvalue weighted by atomic mass is 9.81. The number of aromatic nitrogens is 3. The van der Waals surface area contributed by atoms with E-state index in [9.17, 15) is 0 Å². The molecule has 0 fully saturated rings. The Morgan fingerprint density at radius 2 is 0.928 bits per heavy atom. The predicted octanol–water partition coefficient (Wildman–Crippen LogP) is 11.7. The molecule has 2 aromatic heterocycles.